The molecular weight excluding hydrogens is 377 g/mol. The third-order valence-electron chi connectivity index (χ3n) is 4.94. The van der Waals surface area contributed by atoms with Gasteiger partial charge in [-0.3, -0.25) is 9.59 Å². The monoisotopic (exact) mass is 399 g/mol. The summed E-state index contributed by atoms with van der Waals surface area (Å²) in [6, 6.07) is 13.3. The van der Waals surface area contributed by atoms with E-state index in [9.17, 15) is 14.0 Å². The third kappa shape index (κ3) is 4.32. The van der Waals surface area contributed by atoms with Crippen LogP contribution in [0.15, 0.2) is 48.5 Å². The first kappa shape index (κ1) is 19.2. The van der Waals surface area contributed by atoms with Crippen molar-refractivity contribution in [2.75, 3.05) is 49.6 Å². The van der Waals surface area contributed by atoms with Crippen molar-refractivity contribution in [2.24, 2.45) is 0 Å². The summed E-state index contributed by atoms with van der Waals surface area (Å²) in [5, 5.41) is 2.59. The van der Waals surface area contributed by atoms with Crippen LogP contribution in [0.2, 0.25) is 0 Å². The first-order valence-corrected chi connectivity index (χ1v) is 9.53. The number of nitrogens with zero attached hydrogens (tertiary/aromatic N) is 2. The Hall–Kier alpha value is -3.13. The maximum Gasteiger partial charge on any atom is 0.265 e. The minimum Gasteiger partial charge on any atom is -0.477 e. The Morgan fingerprint density at radius 1 is 1.07 bits per heavy atom. The van der Waals surface area contributed by atoms with Gasteiger partial charge in [0.25, 0.3) is 5.91 Å². The van der Waals surface area contributed by atoms with Crippen LogP contribution in [0.25, 0.3) is 0 Å². The van der Waals surface area contributed by atoms with Crippen molar-refractivity contribution < 1.29 is 23.5 Å². The molecule has 8 heteroatoms. The summed E-state index contributed by atoms with van der Waals surface area (Å²) in [7, 11) is 0. The van der Waals surface area contributed by atoms with Gasteiger partial charge in [-0.1, -0.05) is 24.3 Å². The molecule has 2 aliphatic heterocycles. The van der Waals surface area contributed by atoms with E-state index in [2.05, 4.69) is 5.32 Å². The van der Waals surface area contributed by atoms with Gasteiger partial charge in [-0.15, -0.1) is 0 Å². The number of fused-ring (bicyclic) bond motifs is 1. The van der Waals surface area contributed by atoms with Crippen molar-refractivity contribution in [2.45, 2.75) is 6.10 Å². The Labute approximate surface area is 168 Å². The van der Waals surface area contributed by atoms with Crippen LogP contribution in [0, 0.1) is 5.82 Å². The molecule has 7 nitrogen and oxygen atoms in total. The van der Waals surface area contributed by atoms with E-state index in [1.165, 1.54) is 12.1 Å². The summed E-state index contributed by atoms with van der Waals surface area (Å²) in [5.41, 5.74) is 0.849. The fourth-order valence-corrected chi connectivity index (χ4v) is 3.50. The molecule has 2 heterocycles. The molecule has 1 saturated heterocycles. The van der Waals surface area contributed by atoms with E-state index in [1.54, 1.807) is 28.0 Å². The van der Waals surface area contributed by atoms with Gasteiger partial charge in [0.2, 0.25) is 5.91 Å². The van der Waals surface area contributed by atoms with E-state index in [1.807, 2.05) is 18.2 Å². The first-order chi connectivity index (χ1) is 14.1. The van der Waals surface area contributed by atoms with Crippen LogP contribution in [-0.2, 0) is 14.3 Å². The van der Waals surface area contributed by atoms with Crippen LogP contribution in [0.4, 0.5) is 15.8 Å². The molecule has 2 aliphatic rings. The van der Waals surface area contributed by atoms with Crippen molar-refractivity contribution in [3.05, 3.63) is 54.3 Å². The second-order valence-corrected chi connectivity index (χ2v) is 6.92. The van der Waals surface area contributed by atoms with Gasteiger partial charge in [-0.2, -0.15) is 0 Å². The number of amides is 2. The number of rotatable bonds is 4. The largest absolute Gasteiger partial charge is 0.477 e. The molecule has 0 unspecified atom stereocenters. The topological polar surface area (TPSA) is 71.1 Å². The number of anilines is 2. The molecule has 2 amide bonds. The summed E-state index contributed by atoms with van der Waals surface area (Å²) in [6.45, 7) is 2.26. The number of carbonyl (C=O) groups is 2. The van der Waals surface area contributed by atoms with Crippen LogP contribution < -0.4 is 15.0 Å². The molecule has 0 aliphatic carbocycles. The van der Waals surface area contributed by atoms with Crippen LogP contribution in [-0.4, -0.2) is 62.2 Å². The molecule has 0 spiro atoms. The van der Waals surface area contributed by atoms with E-state index in [4.69, 9.17) is 9.47 Å². The number of morpholine rings is 1. The fraction of sp³-hybridized carbons (Fsp3) is 0.333. The highest BCUT2D eigenvalue weighted by molar-refractivity contribution is 5.95. The molecule has 29 heavy (non-hydrogen) atoms. The average molecular weight is 399 g/mol. The van der Waals surface area contributed by atoms with Gasteiger partial charge in [0.1, 0.15) is 11.6 Å². The molecule has 1 atom stereocenters. The normalized spacial score (nSPS) is 18.6. The van der Waals surface area contributed by atoms with Gasteiger partial charge in [0, 0.05) is 13.1 Å². The molecule has 1 N–H and O–H groups in total. The predicted octanol–water partition coefficient (Wildman–Crippen LogP) is 1.89. The van der Waals surface area contributed by atoms with Crippen LogP contribution in [0.5, 0.6) is 5.75 Å². The van der Waals surface area contributed by atoms with E-state index in [0.717, 1.165) is 5.69 Å². The number of hydrogen-bond donors (Lipinski definition) is 1. The lowest BCUT2D eigenvalue weighted by atomic mass is 10.1. The predicted molar refractivity (Wildman–Crippen MR) is 105 cm³/mol. The summed E-state index contributed by atoms with van der Waals surface area (Å²) in [4.78, 5) is 29.0. The zero-order valence-corrected chi connectivity index (χ0v) is 15.8. The highest BCUT2D eigenvalue weighted by Gasteiger charge is 2.34. The number of hydrogen-bond acceptors (Lipinski definition) is 5. The lowest BCUT2D eigenvalue weighted by Gasteiger charge is -2.38. The first-order valence-electron chi connectivity index (χ1n) is 9.53. The van der Waals surface area contributed by atoms with Gasteiger partial charge in [-0.25, -0.2) is 4.39 Å². The zero-order chi connectivity index (χ0) is 20.2. The number of carbonyl (C=O) groups excluding carboxylic acids is 2. The maximum atomic E-state index is 13.8. The van der Waals surface area contributed by atoms with Crippen molar-refractivity contribution in [3.8, 4) is 5.75 Å². The standard InChI is InChI=1S/C21H22FN3O4/c22-15-5-1-2-6-16(15)23-20(26)14-25-13-19(21(27)24-9-11-28-12-10-24)29-18-8-4-3-7-17(18)25/h1-8,19H,9-14H2,(H,23,26)/t19-/m1/s1. The van der Waals surface area contributed by atoms with Crippen molar-refractivity contribution in [1.82, 2.24) is 4.90 Å². The van der Waals surface area contributed by atoms with E-state index >= 15 is 0 Å². The lowest BCUT2D eigenvalue weighted by Crippen LogP contribution is -2.53. The highest BCUT2D eigenvalue weighted by Crippen LogP contribution is 2.33. The van der Waals surface area contributed by atoms with Crippen molar-refractivity contribution in [3.63, 3.8) is 0 Å². The quantitative estimate of drug-likeness (QED) is 0.850. The Morgan fingerprint density at radius 3 is 2.59 bits per heavy atom. The molecular formula is C21H22FN3O4. The second kappa shape index (κ2) is 8.48. The maximum absolute atomic E-state index is 13.8. The summed E-state index contributed by atoms with van der Waals surface area (Å²) < 4.78 is 25.1. The Balaban J connectivity index is 1.49. The minimum absolute atomic E-state index is 0.0262. The van der Waals surface area contributed by atoms with Gasteiger partial charge in [-0.05, 0) is 24.3 Å². The number of halogens is 1. The number of nitrogens with one attached hydrogen (secondary N) is 1. The zero-order valence-electron chi connectivity index (χ0n) is 15.8. The van der Waals surface area contributed by atoms with Crippen molar-refractivity contribution >= 4 is 23.2 Å². The Bertz CT molecular complexity index is 901. The highest BCUT2D eigenvalue weighted by atomic mass is 19.1. The summed E-state index contributed by atoms with van der Waals surface area (Å²) >= 11 is 0. The molecule has 0 bridgehead atoms. The van der Waals surface area contributed by atoms with E-state index in [-0.39, 0.29) is 30.6 Å². The smallest absolute Gasteiger partial charge is 0.265 e. The molecule has 2 aromatic carbocycles. The molecule has 1 fully saturated rings. The molecule has 4 rings (SSSR count). The van der Waals surface area contributed by atoms with Crippen molar-refractivity contribution in [1.29, 1.82) is 0 Å². The SMILES string of the molecule is O=C(CN1C[C@H](C(=O)N2CCOCC2)Oc2ccccc21)Nc1ccccc1F. The lowest BCUT2D eigenvalue weighted by molar-refractivity contribution is -0.142. The summed E-state index contributed by atoms with van der Waals surface area (Å²) in [5.74, 6) is -0.445. The van der Waals surface area contributed by atoms with Crippen LogP contribution >= 0.6 is 0 Å². The Morgan fingerprint density at radius 2 is 1.79 bits per heavy atom. The minimum atomic E-state index is -0.718. The molecule has 0 radical (unpaired) electrons. The molecule has 152 valence electrons. The molecule has 2 aromatic rings. The van der Waals surface area contributed by atoms with E-state index in [0.29, 0.717) is 32.1 Å². The Kier molecular flexibility index (Phi) is 5.62. The van der Waals surface area contributed by atoms with E-state index < -0.39 is 11.9 Å². The summed E-state index contributed by atoms with van der Waals surface area (Å²) in [6.07, 6.45) is -0.718. The molecule has 0 aromatic heterocycles. The average Bonchev–Trinajstić information content (AvgIpc) is 2.75. The second-order valence-electron chi connectivity index (χ2n) is 6.92. The van der Waals surface area contributed by atoms with Crippen LogP contribution in [0.1, 0.15) is 0 Å². The number of benzene rings is 2. The van der Waals surface area contributed by atoms with Gasteiger partial charge in [0.15, 0.2) is 6.10 Å². The third-order valence-corrected chi connectivity index (χ3v) is 4.94. The fourth-order valence-electron chi connectivity index (χ4n) is 3.50. The van der Waals surface area contributed by atoms with Gasteiger partial charge >= 0.3 is 0 Å². The van der Waals surface area contributed by atoms with Crippen LogP contribution in [0.3, 0.4) is 0 Å². The number of ether oxygens (including phenoxy) is 2. The molecule has 0 saturated carbocycles. The number of para-hydroxylation sites is 3. The van der Waals surface area contributed by atoms with Gasteiger partial charge < -0.3 is 24.6 Å². The van der Waals surface area contributed by atoms with Gasteiger partial charge in [0.05, 0.1) is 37.7 Å².